The molecule has 1 unspecified atom stereocenters. The van der Waals surface area contributed by atoms with Crippen molar-refractivity contribution in [3.8, 4) is 11.8 Å². The van der Waals surface area contributed by atoms with Crippen molar-refractivity contribution in [3.63, 3.8) is 0 Å². The van der Waals surface area contributed by atoms with E-state index < -0.39 is 10.9 Å². The molecular weight excluding hydrogens is 462 g/mol. The first-order valence-corrected chi connectivity index (χ1v) is 12.0. The number of amides is 2. The smallest absolute Gasteiger partial charge is 0.337 e. The molecule has 1 aliphatic heterocycles. The fourth-order valence-corrected chi connectivity index (χ4v) is 5.64. The molecule has 1 aliphatic rings. The molecule has 3 aromatic rings. The standard InChI is InChI=1S/C22H21N5O4S2/c1-12-4-6-15(7-5-12)27-21(22(30)31-25-27)32-13(2)19(29)24-20-17(10-23)16-8-9-26(14(3)28)11-18(16)33-20/h4-7,13H,8-9,11H2,1-3H3,(H-,24,25,29,30)/p+1. The summed E-state index contributed by atoms with van der Waals surface area (Å²) >= 11 is 2.38. The van der Waals surface area contributed by atoms with Crippen molar-refractivity contribution < 1.29 is 18.8 Å². The highest BCUT2D eigenvalue weighted by Gasteiger charge is 2.31. The summed E-state index contributed by atoms with van der Waals surface area (Å²) in [6, 6.07) is 9.70. The molecule has 0 aliphatic carbocycles. The predicted octanol–water partition coefficient (Wildman–Crippen LogP) is 2.51. The minimum atomic E-state index is -0.639. The first kappa shape index (κ1) is 22.8. The predicted molar refractivity (Wildman–Crippen MR) is 123 cm³/mol. The summed E-state index contributed by atoms with van der Waals surface area (Å²) in [7, 11) is 0. The van der Waals surface area contributed by atoms with Gasteiger partial charge in [0.25, 0.3) is 0 Å². The van der Waals surface area contributed by atoms with Crippen LogP contribution in [0.2, 0.25) is 0 Å². The number of thiophene rings is 1. The van der Waals surface area contributed by atoms with Crippen LogP contribution in [0, 0.1) is 18.3 Å². The first-order chi connectivity index (χ1) is 15.8. The third kappa shape index (κ3) is 4.58. The molecule has 0 saturated heterocycles. The Balaban J connectivity index is 1.53. The van der Waals surface area contributed by atoms with Gasteiger partial charge in [-0.25, -0.2) is 4.79 Å². The Hall–Kier alpha value is -3.36. The summed E-state index contributed by atoms with van der Waals surface area (Å²) in [5.41, 5.74) is 2.53. The topological polar surface area (TPSA) is 123 Å². The molecule has 2 aromatic heterocycles. The molecule has 2 N–H and O–H groups in total. The second kappa shape index (κ2) is 9.25. The zero-order chi connectivity index (χ0) is 23.7. The molecule has 0 spiro atoms. The van der Waals surface area contributed by atoms with Crippen LogP contribution in [0.1, 0.15) is 35.4 Å². The molecule has 0 radical (unpaired) electrons. The second-order valence-electron chi connectivity index (χ2n) is 7.72. The monoisotopic (exact) mass is 484 g/mol. The van der Waals surface area contributed by atoms with E-state index in [2.05, 4.69) is 16.7 Å². The van der Waals surface area contributed by atoms with Crippen LogP contribution in [0.3, 0.4) is 0 Å². The first-order valence-electron chi connectivity index (χ1n) is 10.3. The largest absolute Gasteiger partial charge is 0.442 e. The molecule has 3 heterocycles. The number of nitriles is 1. The van der Waals surface area contributed by atoms with Gasteiger partial charge in [0.1, 0.15) is 11.1 Å². The number of nitrogens with one attached hydrogen (secondary N) is 2. The lowest BCUT2D eigenvalue weighted by Crippen LogP contribution is -2.37. The average molecular weight is 485 g/mol. The van der Waals surface area contributed by atoms with Crippen molar-refractivity contribution in [1.82, 2.24) is 10.2 Å². The number of carbonyl (C=O) groups is 2. The van der Waals surface area contributed by atoms with E-state index in [-0.39, 0.29) is 16.8 Å². The lowest BCUT2D eigenvalue weighted by atomic mass is 10.0. The van der Waals surface area contributed by atoms with Crippen LogP contribution in [0.5, 0.6) is 0 Å². The molecule has 4 rings (SSSR count). The quantitative estimate of drug-likeness (QED) is 0.424. The van der Waals surface area contributed by atoms with Gasteiger partial charge in [-0.15, -0.1) is 11.3 Å². The van der Waals surface area contributed by atoms with Gasteiger partial charge in [-0.2, -0.15) is 5.26 Å². The van der Waals surface area contributed by atoms with E-state index in [1.54, 1.807) is 11.8 Å². The summed E-state index contributed by atoms with van der Waals surface area (Å²) in [5, 5.41) is 15.2. The van der Waals surface area contributed by atoms with Gasteiger partial charge in [-0.3, -0.25) is 14.1 Å². The highest BCUT2D eigenvalue weighted by Crippen LogP contribution is 2.37. The van der Waals surface area contributed by atoms with Crippen LogP contribution in [0.4, 0.5) is 5.00 Å². The molecule has 1 aromatic carbocycles. The molecule has 0 bridgehead atoms. The third-order valence-corrected chi connectivity index (χ3v) is 7.68. The maximum atomic E-state index is 12.9. The van der Waals surface area contributed by atoms with Crippen molar-refractivity contribution in [2.24, 2.45) is 0 Å². The number of carbonyl (C=O) groups excluding carboxylic acids is 2. The summed E-state index contributed by atoms with van der Waals surface area (Å²) < 4.78 is 6.45. The maximum Gasteiger partial charge on any atom is 0.442 e. The summed E-state index contributed by atoms with van der Waals surface area (Å²) in [6.45, 7) is 6.15. The Bertz CT molecular complexity index is 1320. The highest BCUT2D eigenvalue weighted by molar-refractivity contribution is 8.00. The molecule has 2 amide bonds. The number of thioether (sulfide) groups is 1. The van der Waals surface area contributed by atoms with Gasteiger partial charge >= 0.3 is 10.7 Å². The molecule has 33 heavy (non-hydrogen) atoms. The Kier molecular flexibility index (Phi) is 6.40. The Labute approximate surface area is 198 Å². The number of hydrogen-bond acceptors (Lipinski definition) is 7. The van der Waals surface area contributed by atoms with Gasteiger partial charge in [-0.05, 0) is 47.5 Å². The summed E-state index contributed by atoms with van der Waals surface area (Å²) in [4.78, 5) is 39.6. The Morgan fingerprint density at radius 1 is 1.36 bits per heavy atom. The van der Waals surface area contributed by atoms with Crippen LogP contribution in [0.25, 0.3) is 5.69 Å². The molecular formula is C22H22N5O4S2+. The van der Waals surface area contributed by atoms with E-state index in [4.69, 9.17) is 4.52 Å². The van der Waals surface area contributed by atoms with E-state index in [0.717, 1.165) is 27.8 Å². The molecule has 1 atom stereocenters. The van der Waals surface area contributed by atoms with Gasteiger partial charge in [0.15, 0.2) is 0 Å². The zero-order valence-corrected chi connectivity index (χ0v) is 19.9. The van der Waals surface area contributed by atoms with Gasteiger partial charge in [-0.1, -0.05) is 17.7 Å². The van der Waals surface area contributed by atoms with Gasteiger partial charge in [0, 0.05) is 30.5 Å². The lowest BCUT2D eigenvalue weighted by Gasteiger charge is -2.25. The lowest BCUT2D eigenvalue weighted by molar-refractivity contribution is -0.704. The van der Waals surface area contributed by atoms with Crippen molar-refractivity contribution in [3.05, 3.63) is 56.3 Å². The van der Waals surface area contributed by atoms with E-state index >= 15 is 0 Å². The minimum Gasteiger partial charge on any atom is -0.337 e. The number of H-pyrrole nitrogens is 1. The zero-order valence-electron chi connectivity index (χ0n) is 18.3. The molecule has 170 valence electrons. The molecule has 9 nitrogen and oxygen atoms in total. The third-order valence-electron chi connectivity index (χ3n) is 5.41. The molecule has 11 heteroatoms. The van der Waals surface area contributed by atoms with Crippen molar-refractivity contribution in [1.29, 1.82) is 5.26 Å². The van der Waals surface area contributed by atoms with Crippen LogP contribution >= 0.6 is 23.1 Å². The van der Waals surface area contributed by atoms with E-state index in [9.17, 15) is 19.6 Å². The second-order valence-corrected chi connectivity index (χ2v) is 10.2. The number of aromatic amines is 1. The Morgan fingerprint density at radius 2 is 2.09 bits per heavy atom. The number of aromatic nitrogens is 2. The number of hydrogen-bond donors (Lipinski definition) is 2. The number of anilines is 1. The highest BCUT2D eigenvalue weighted by atomic mass is 32.2. The minimum absolute atomic E-state index is 0.0182. The van der Waals surface area contributed by atoms with E-state index in [0.29, 0.717) is 35.8 Å². The van der Waals surface area contributed by atoms with Crippen LogP contribution in [0.15, 0.2) is 38.6 Å². The SMILES string of the molecule is CC(=O)N1CCc2c(sc(NC(=O)C(C)Sc3c(=O)o[nH][n+]3-c3ccc(C)cc3)c2C#N)C1. The Morgan fingerprint density at radius 3 is 2.76 bits per heavy atom. The van der Waals surface area contributed by atoms with Crippen molar-refractivity contribution >= 4 is 39.9 Å². The van der Waals surface area contributed by atoms with Gasteiger partial charge in [0.05, 0.1) is 17.4 Å². The number of benzene rings is 1. The average Bonchev–Trinajstić information content (AvgIpc) is 3.33. The normalized spacial score (nSPS) is 13.8. The van der Waals surface area contributed by atoms with Crippen LogP contribution in [-0.2, 0) is 22.6 Å². The van der Waals surface area contributed by atoms with Crippen molar-refractivity contribution in [2.75, 3.05) is 11.9 Å². The number of nitrogens with zero attached hydrogens (tertiary/aromatic N) is 3. The van der Waals surface area contributed by atoms with Crippen LogP contribution in [-0.4, -0.2) is 33.8 Å². The van der Waals surface area contributed by atoms with Gasteiger partial charge < -0.3 is 10.2 Å². The maximum absolute atomic E-state index is 12.9. The number of fused-ring (bicyclic) bond motifs is 1. The molecule has 0 fully saturated rings. The van der Waals surface area contributed by atoms with E-state index in [1.807, 2.05) is 31.2 Å². The number of rotatable bonds is 5. The van der Waals surface area contributed by atoms with E-state index in [1.165, 1.54) is 22.9 Å². The summed E-state index contributed by atoms with van der Waals surface area (Å²) in [5.74, 6) is -0.357. The van der Waals surface area contributed by atoms with Crippen molar-refractivity contribution in [2.45, 2.75) is 44.0 Å². The number of aryl methyl sites for hydroxylation is 1. The van der Waals surface area contributed by atoms with Crippen LogP contribution < -0.4 is 15.6 Å². The molecule has 0 saturated carbocycles. The fourth-order valence-electron chi connectivity index (χ4n) is 3.54. The fraction of sp³-hybridized carbons (Fsp3) is 0.318. The summed E-state index contributed by atoms with van der Waals surface area (Å²) in [6.07, 6.45) is 0.579. The van der Waals surface area contributed by atoms with Gasteiger partial charge in [0.2, 0.25) is 17.5 Å².